The largest absolute Gasteiger partial charge is 0.478 e. The number of benzene rings is 1. The average molecular weight is 579 g/mol. The van der Waals surface area contributed by atoms with Crippen molar-refractivity contribution >= 4 is 46.9 Å². The van der Waals surface area contributed by atoms with Crippen molar-refractivity contribution in [3.63, 3.8) is 0 Å². The minimum Gasteiger partial charge on any atom is -0.478 e. The highest BCUT2D eigenvalue weighted by molar-refractivity contribution is 7.11. The van der Waals surface area contributed by atoms with E-state index in [4.69, 9.17) is 16.3 Å². The number of nitrogens with one attached hydrogen (secondary N) is 1. The number of allylic oxidation sites excluding steroid dienone is 1. The Balaban J connectivity index is 1.75. The lowest BCUT2D eigenvalue weighted by Crippen LogP contribution is -2.45. The van der Waals surface area contributed by atoms with Gasteiger partial charge in [-0.3, -0.25) is 0 Å². The lowest BCUT2D eigenvalue weighted by molar-refractivity contribution is -0.133. The van der Waals surface area contributed by atoms with Crippen molar-refractivity contribution in [1.82, 2.24) is 15.2 Å². The van der Waals surface area contributed by atoms with E-state index in [9.17, 15) is 29.0 Å². The molecule has 0 bridgehead atoms. The third kappa shape index (κ3) is 6.39. The topological polar surface area (TPSA) is 141 Å². The molecule has 1 fully saturated rings. The first-order chi connectivity index (χ1) is 18.4. The number of amides is 2. The van der Waals surface area contributed by atoms with E-state index >= 15 is 0 Å². The van der Waals surface area contributed by atoms with Gasteiger partial charge in [-0.15, -0.1) is 11.3 Å². The van der Waals surface area contributed by atoms with E-state index in [1.165, 1.54) is 12.3 Å². The zero-order valence-electron chi connectivity index (χ0n) is 21.5. The monoisotopic (exact) mass is 578 g/mol. The highest BCUT2D eigenvalue weighted by atomic mass is 35.5. The molecule has 1 aliphatic heterocycles. The summed E-state index contributed by atoms with van der Waals surface area (Å²) in [6, 6.07) is 1.83. The number of alkyl carbamates (subject to hydrolysis) is 1. The second kappa shape index (κ2) is 11.3. The molecule has 208 valence electrons. The number of amidine groups is 1. The number of aromatic nitrogens is 1. The molecular formula is C26H28ClFN4O6S. The second-order valence-electron chi connectivity index (χ2n) is 10.3. The first-order valence-corrected chi connectivity index (χ1v) is 13.5. The Bertz CT molecular complexity index is 1330. The van der Waals surface area contributed by atoms with E-state index in [0.29, 0.717) is 25.7 Å². The zero-order valence-corrected chi connectivity index (χ0v) is 23.1. The van der Waals surface area contributed by atoms with Gasteiger partial charge >= 0.3 is 18.2 Å². The number of carboxylic acid groups (broad SMARTS) is 2. The van der Waals surface area contributed by atoms with Gasteiger partial charge in [0, 0.05) is 28.6 Å². The van der Waals surface area contributed by atoms with Crippen LogP contribution in [-0.4, -0.2) is 55.7 Å². The summed E-state index contributed by atoms with van der Waals surface area (Å²) < 4.78 is 19.2. The van der Waals surface area contributed by atoms with E-state index in [2.05, 4.69) is 15.3 Å². The van der Waals surface area contributed by atoms with Crippen molar-refractivity contribution in [2.75, 3.05) is 0 Å². The van der Waals surface area contributed by atoms with E-state index in [-0.39, 0.29) is 44.7 Å². The molecule has 1 aromatic heterocycles. The summed E-state index contributed by atoms with van der Waals surface area (Å²) >= 11 is 7.50. The highest BCUT2D eigenvalue weighted by Crippen LogP contribution is 2.44. The number of aliphatic imine (C=N–C) groups is 1. The lowest BCUT2D eigenvalue weighted by atomic mass is 9.80. The maximum atomic E-state index is 13.9. The predicted molar refractivity (Wildman–Crippen MR) is 142 cm³/mol. The van der Waals surface area contributed by atoms with Gasteiger partial charge in [-0.25, -0.2) is 33.7 Å². The SMILES string of the molecule is CC(C)(C)OC(=O)NC1CCC(C2=C(C(=O)O)C(c3ccc(F)cc3Cl)N(C(=O)O)C(c3nccs3)=N2)CC1. The molecule has 2 aromatic rings. The number of hydrogen-bond acceptors (Lipinski definition) is 7. The van der Waals surface area contributed by atoms with Gasteiger partial charge in [-0.05, 0) is 64.2 Å². The number of carbonyl (C=O) groups is 3. The number of rotatable bonds is 5. The fraction of sp³-hybridized carbons (Fsp3) is 0.423. The van der Waals surface area contributed by atoms with E-state index in [1.807, 2.05) is 0 Å². The fourth-order valence-electron chi connectivity index (χ4n) is 4.85. The third-order valence-corrected chi connectivity index (χ3v) is 7.51. The summed E-state index contributed by atoms with van der Waals surface area (Å²) in [6.45, 7) is 5.32. The molecule has 1 aliphatic carbocycles. The molecule has 1 saturated carbocycles. The summed E-state index contributed by atoms with van der Waals surface area (Å²) in [6.07, 6.45) is 1.54. The number of carboxylic acids is 1. The van der Waals surface area contributed by atoms with E-state index < -0.39 is 35.6 Å². The second-order valence-corrected chi connectivity index (χ2v) is 11.6. The number of hydrogen-bond donors (Lipinski definition) is 3. The van der Waals surface area contributed by atoms with Crippen molar-refractivity contribution in [2.24, 2.45) is 10.9 Å². The van der Waals surface area contributed by atoms with Crippen LogP contribution >= 0.6 is 22.9 Å². The first kappa shape index (κ1) is 28.5. The Kier molecular flexibility index (Phi) is 8.26. The van der Waals surface area contributed by atoms with Gasteiger partial charge < -0.3 is 20.3 Å². The van der Waals surface area contributed by atoms with Gasteiger partial charge in [-0.1, -0.05) is 17.7 Å². The summed E-state index contributed by atoms with van der Waals surface area (Å²) in [5.74, 6) is -2.39. The summed E-state index contributed by atoms with van der Waals surface area (Å²) in [5, 5.41) is 25.3. The molecule has 39 heavy (non-hydrogen) atoms. The van der Waals surface area contributed by atoms with Gasteiger partial charge in [0.05, 0.1) is 11.3 Å². The number of nitrogens with zero attached hydrogens (tertiary/aromatic N) is 3. The normalized spacial score (nSPS) is 21.8. The quantitative estimate of drug-likeness (QED) is 0.404. The van der Waals surface area contributed by atoms with Crippen LogP contribution in [0.5, 0.6) is 0 Å². The van der Waals surface area contributed by atoms with Crippen LogP contribution in [0.4, 0.5) is 14.0 Å². The molecule has 2 aliphatic rings. The minimum atomic E-state index is -1.46. The van der Waals surface area contributed by atoms with Crippen LogP contribution in [0, 0.1) is 11.7 Å². The molecule has 0 saturated heterocycles. The Labute approximate surface area is 233 Å². The third-order valence-electron chi connectivity index (χ3n) is 6.41. The molecular weight excluding hydrogens is 551 g/mol. The van der Waals surface area contributed by atoms with Crippen LogP contribution in [0.25, 0.3) is 0 Å². The molecule has 2 amide bonds. The average Bonchev–Trinajstić information content (AvgIpc) is 3.37. The number of ether oxygens (including phenoxy) is 1. The van der Waals surface area contributed by atoms with E-state index in [1.54, 1.807) is 26.2 Å². The molecule has 2 heterocycles. The van der Waals surface area contributed by atoms with Crippen molar-refractivity contribution in [3.05, 3.63) is 62.5 Å². The molecule has 1 atom stereocenters. The van der Waals surface area contributed by atoms with Crippen molar-refractivity contribution in [3.8, 4) is 0 Å². The number of aliphatic carboxylic acids is 1. The van der Waals surface area contributed by atoms with Crippen molar-refractivity contribution in [2.45, 2.75) is 64.1 Å². The van der Waals surface area contributed by atoms with Crippen LogP contribution in [0.15, 0.2) is 46.0 Å². The maximum Gasteiger partial charge on any atom is 0.413 e. The predicted octanol–water partition coefficient (Wildman–Crippen LogP) is 5.84. The van der Waals surface area contributed by atoms with Gasteiger partial charge in [0.2, 0.25) is 0 Å². The van der Waals surface area contributed by atoms with Crippen LogP contribution in [-0.2, 0) is 9.53 Å². The standard InChI is InChI=1S/C26H28ClFN4O6S/c1-26(2,3)38-24(35)30-15-7-4-13(5-8-15)19-18(23(33)34)20(16-9-6-14(28)12-17(16)27)32(25(36)37)21(31-19)22-29-10-11-39-22/h6,9-13,15,20H,4-5,7-8H2,1-3H3,(H,30,35)(H,33,34)(H,36,37). The highest BCUT2D eigenvalue weighted by Gasteiger charge is 2.44. The summed E-state index contributed by atoms with van der Waals surface area (Å²) in [4.78, 5) is 47.1. The molecule has 0 radical (unpaired) electrons. The van der Waals surface area contributed by atoms with Gasteiger partial charge in [0.15, 0.2) is 10.8 Å². The fourth-order valence-corrected chi connectivity index (χ4v) is 5.74. The molecule has 1 aromatic carbocycles. The van der Waals surface area contributed by atoms with Gasteiger partial charge in [0.1, 0.15) is 17.5 Å². The Morgan fingerprint density at radius 2 is 1.87 bits per heavy atom. The molecule has 3 N–H and O–H groups in total. The van der Waals surface area contributed by atoms with Crippen LogP contribution in [0.2, 0.25) is 5.02 Å². The zero-order chi connectivity index (χ0) is 28.5. The minimum absolute atomic E-state index is 0.0307. The van der Waals surface area contributed by atoms with Gasteiger partial charge in [0.25, 0.3) is 0 Å². The number of thiazole rings is 1. The summed E-state index contributed by atoms with van der Waals surface area (Å²) in [7, 11) is 0. The number of carbonyl (C=O) groups excluding carboxylic acids is 1. The maximum absolute atomic E-state index is 13.9. The van der Waals surface area contributed by atoms with Crippen LogP contribution in [0.3, 0.4) is 0 Å². The molecule has 4 rings (SSSR count). The smallest absolute Gasteiger partial charge is 0.413 e. The lowest BCUT2D eigenvalue weighted by Gasteiger charge is -2.38. The Morgan fingerprint density at radius 1 is 1.18 bits per heavy atom. The molecule has 0 spiro atoms. The van der Waals surface area contributed by atoms with E-state index in [0.717, 1.165) is 28.4 Å². The molecule has 1 unspecified atom stereocenters. The number of halogens is 2. The summed E-state index contributed by atoms with van der Waals surface area (Å²) in [5.41, 5.74) is -0.571. The Hall–Kier alpha value is -3.51. The van der Waals surface area contributed by atoms with Crippen LogP contribution < -0.4 is 5.32 Å². The molecule has 13 heteroatoms. The van der Waals surface area contributed by atoms with Crippen molar-refractivity contribution < 1.29 is 33.7 Å². The molecule has 10 nitrogen and oxygen atoms in total. The van der Waals surface area contributed by atoms with Crippen LogP contribution in [0.1, 0.15) is 63.1 Å². The van der Waals surface area contributed by atoms with Crippen molar-refractivity contribution in [1.29, 1.82) is 0 Å². The van der Waals surface area contributed by atoms with Gasteiger partial charge in [-0.2, -0.15) is 0 Å². The first-order valence-electron chi connectivity index (χ1n) is 12.3. The Morgan fingerprint density at radius 3 is 2.41 bits per heavy atom.